The van der Waals surface area contributed by atoms with Crippen molar-refractivity contribution < 1.29 is 18.7 Å². The minimum absolute atomic E-state index is 0.0409. The maximum absolute atomic E-state index is 13.0. The first-order valence-electron chi connectivity index (χ1n) is 4.60. The highest BCUT2D eigenvalue weighted by Gasteiger charge is 2.11. The summed E-state index contributed by atoms with van der Waals surface area (Å²) >= 11 is 6.93. The summed E-state index contributed by atoms with van der Waals surface area (Å²) in [5.41, 5.74) is 0.653. The molecule has 0 bridgehead atoms. The molecule has 0 atom stereocenters. The number of nitrogens with zero attached hydrogens (tertiary/aromatic N) is 1. The quantitative estimate of drug-likeness (QED) is 0.929. The van der Waals surface area contributed by atoms with Crippen LogP contribution in [0.25, 0.3) is 11.1 Å². The third kappa shape index (κ3) is 2.89. The highest BCUT2D eigenvalue weighted by atomic mass is 35.5. The van der Waals surface area contributed by atoms with Crippen molar-refractivity contribution in [1.82, 2.24) is 4.98 Å². The van der Waals surface area contributed by atoms with E-state index in [9.17, 15) is 9.18 Å². The molecule has 0 aliphatic carbocycles. The van der Waals surface area contributed by atoms with Crippen LogP contribution in [0.3, 0.4) is 0 Å². The number of benzene rings is 1. The molecule has 0 unspecified atom stereocenters. The van der Waals surface area contributed by atoms with Gasteiger partial charge in [0.05, 0.1) is 16.5 Å². The van der Waals surface area contributed by atoms with Crippen LogP contribution < -0.4 is 0 Å². The topological polar surface area (TPSA) is 63.3 Å². The number of carbonyl (C=O) groups is 1. The fraction of sp³-hybridized carbons (Fsp3) is 0.200. The molecule has 0 radical (unpaired) electrons. The van der Waals surface area contributed by atoms with E-state index in [1.54, 1.807) is 0 Å². The van der Waals surface area contributed by atoms with E-state index in [1.165, 1.54) is 6.07 Å². The summed E-state index contributed by atoms with van der Waals surface area (Å²) in [4.78, 5) is 14.3. The lowest BCUT2D eigenvalue weighted by atomic mass is 10.3. The van der Waals surface area contributed by atoms with Crippen molar-refractivity contribution in [1.29, 1.82) is 0 Å². The zero-order valence-electron chi connectivity index (χ0n) is 8.44. The maximum Gasteiger partial charge on any atom is 0.313 e. The van der Waals surface area contributed by atoms with Crippen molar-refractivity contribution in [3.05, 3.63) is 28.9 Å². The van der Waals surface area contributed by atoms with Crippen LogP contribution in [0.5, 0.6) is 0 Å². The Hall–Kier alpha value is -1.27. The fourth-order valence-electron chi connectivity index (χ4n) is 1.29. The van der Waals surface area contributed by atoms with Crippen molar-refractivity contribution in [2.45, 2.75) is 5.75 Å². The summed E-state index contributed by atoms with van der Waals surface area (Å²) in [6.45, 7) is 0. The van der Waals surface area contributed by atoms with Gasteiger partial charge < -0.3 is 9.52 Å². The Morgan fingerprint density at radius 2 is 2.35 bits per heavy atom. The molecule has 7 heteroatoms. The minimum Gasteiger partial charge on any atom is -0.481 e. The van der Waals surface area contributed by atoms with Gasteiger partial charge in [-0.2, -0.15) is 0 Å². The van der Waals surface area contributed by atoms with E-state index in [2.05, 4.69) is 4.98 Å². The molecule has 1 heterocycles. The Morgan fingerprint density at radius 1 is 1.59 bits per heavy atom. The van der Waals surface area contributed by atoms with Crippen molar-refractivity contribution in [3.63, 3.8) is 0 Å². The van der Waals surface area contributed by atoms with Gasteiger partial charge in [-0.15, -0.1) is 11.8 Å². The summed E-state index contributed by atoms with van der Waals surface area (Å²) in [6.07, 6.45) is 0. The number of halogens is 2. The van der Waals surface area contributed by atoms with Gasteiger partial charge in [0.25, 0.3) is 0 Å². The third-order valence-corrected chi connectivity index (χ3v) is 3.09. The Labute approximate surface area is 105 Å². The molecule has 1 aromatic heterocycles. The fourth-order valence-corrected chi connectivity index (χ4v) is 2.11. The van der Waals surface area contributed by atoms with Crippen LogP contribution in [-0.4, -0.2) is 21.8 Å². The second-order valence-electron chi connectivity index (χ2n) is 3.23. The number of rotatable bonds is 4. The smallest absolute Gasteiger partial charge is 0.313 e. The molecule has 17 heavy (non-hydrogen) atoms. The molecule has 2 rings (SSSR count). The first-order valence-corrected chi connectivity index (χ1v) is 6.13. The maximum atomic E-state index is 13.0. The Balaban J connectivity index is 2.20. The molecule has 0 aliphatic rings. The SMILES string of the molecule is O=C(O)CSCc1nc2cc(F)cc(Cl)c2o1. The first-order chi connectivity index (χ1) is 8.06. The molecule has 0 spiro atoms. The third-order valence-electron chi connectivity index (χ3n) is 1.90. The molecule has 0 fully saturated rings. The van der Waals surface area contributed by atoms with Crippen LogP contribution in [0.2, 0.25) is 5.02 Å². The monoisotopic (exact) mass is 275 g/mol. The summed E-state index contributed by atoms with van der Waals surface area (Å²) in [5, 5.41) is 8.62. The highest BCUT2D eigenvalue weighted by molar-refractivity contribution is 7.99. The number of carboxylic acids is 1. The van der Waals surface area contributed by atoms with Gasteiger partial charge in [-0.3, -0.25) is 4.79 Å². The van der Waals surface area contributed by atoms with Gasteiger partial charge in [0.15, 0.2) is 5.58 Å². The van der Waals surface area contributed by atoms with E-state index >= 15 is 0 Å². The predicted molar refractivity (Wildman–Crippen MR) is 62.8 cm³/mol. The van der Waals surface area contributed by atoms with Crippen molar-refractivity contribution >= 4 is 40.4 Å². The van der Waals surface area contributed by atoms with Crippen LogP contribution in [-0.2, 0) is 10.5 Å². The van der Waals surface area contributed by atoms with Crippen LogP contribution in [0.1, 0.15) is 5.89 Å². The zero-order valence-corrected chi connectivity index (χ0v) is 10.0. The van der Waals surface area contributed by atoms with E-state index in [1.807, 2.05) is 0 Å². The molecule has 1 aromatic carbocycles. The molecule has 2 aromatic rings. The number of aromatic nitrogens is 1. The van der Waals surface area contributed by atoms with Gasteiger partial charge in [-0.05, 0) is 6.07 Å². The number of thioether (sulfide) groups is 1. The normalized spacial score (nSPS) is 10.9. The molecule has 1 N–H and O–H groups in total. The summed E-state index contributed by atoms with van der Waals surface area (Å²) in [6, 6.07) is 2.36. The second kappa shape index (κ2) is 4.93. The van der Waals surface area contributed by atoms with Crippen molar-refractivity contribution in [3.8, 4) is 0 Å². The molecule has 4 nitrogen and oxygen atoms in total. The number of carboxylic acid groups (broad SMARTS) is 1. The van der Waals surface area contributed by atoms with Crippen LogP contribution in [0.15, 0.2) is 16.5 Å². The van der Waals surface area contributed by atoms with E-state index in [4.69, 9.17) is 21.1 Å². The van der Waals surface area contributed by atoms with Gasteiger partial charge in [0.2, 0.25) is 5.89 Å². The van der Waals surface area contributed by atoms with Crippen molar-refractivity contribution in [2.24, 2.45) is 0 Å². The zero-order chi connectivity index (χ0) is 12.4. The van der Waals surface area contributed by atoms with E-state index in [0.717, 1.165) is 17.8 Å². The van der Waals surface area contributed by atoms with Gasteiger partial charge in [0.1, 0.15) is 11.3 Å². The summed E-state index contributed by atoms with van der Waals surface area (Å²) < 4.78 is 18.3. The summed E-state index contributed by atoms with van der Waals surface area (Å²) in [5.74, 6) is -0.797. The molecule has 0 aliphatic heterocycles. The molecule has 0 amide bonds. The Bertz CT molecular complexity index is 572. The first kappa shape index (κ1) is 12.2. The van der Waals surface area contributed by atoms with Crippen molar-refractivity contribution in [2.75, 3.05) is 5.75 Å². The van der Waals surface area contributed by atoms with E-state index in [0.29, 0.717) is 22.7 Å². The Morgan fingerprint density at radius 3 is 3.06 bits per heavy atom. The molecule has 90 valence electrons. The van der Waals surface area contributed by atoms with Crippen LogP contribution in [0.4, 0.5) is 4.39 Å². The molecular weight excluding hydrogens is 269 g/mol. The Kier molecular flexibility index (Phi) is 3.54. The van der Waals surface area contributed by atoms with Gasteiger partial charge in [0, 0.05) is 6.07 Å². The standard InChI is InChI=1S/C10H7ClFNO3S/c11-6-1-5(12)2-7-10(6)16-8(13-7)3-17-4-9(14)15/h1-2H,3-4H2,(H,14,15). The molecule has 0 saturated carbocycles. The lowest BCUT2D eigenvalue weighted by Crippen LogP contribution is -1.98. The lowest BCUT2D eigenvalue weighted by Gasteiger charge is -1.92. The molecular formula is C10H7ClFNO3S. The van der Waals surface area contributed by atoms with Gasteiger partial charge in [-0.1, -0.05) is 11.6 Å². The average Bonchev–Trinajstić information content (AvgIpc) is 2.60. The van der Waals surface area contributed by atoms with E-state index < -0.39 is 11.8 Å². The number of oxazole rings is 1. The minimum atomic E-state index is -0.907. The van der Waals surface area contributed by atoms with E-state index in [-0.39, 0.29) is 10.8 Å². The van der Waals surface area contributed by atoms with Gasteiger partial charge >= 0.3 is 5.97 Å². The number of hydrogen-bond acceptors (Lipinski definition) is 4. The second-order valence-corrected chi connectivity index (χ2v) is 4.62. The lowest BCUT2D eigenvalue weighted by molar-refractivity contribution is -0.133. The largest absolute Gasteiger partial charge is 0.481 e. The number of fused-ring (bicyclic) bond motifs is 1. The molecule has 0 saturated heterocycles. The van der Waals surface area contributed by atoms with Crippen LogP contribution in [0, 0.1) is 5.82 Å². The average molecular weight is 276 g/mol. The predicted octanol–water partition coefficient (Wildman–Crippen LogP) is 2.94. The number of aliphatic carboxylic acids is 1. The summed E-state index contributed by atoms with van der Waals surface area (Å²) in [7, 11) is 0. The number of hydrogen-bond donors (Lipinski definition) is 1. The van der Waals surface area contributed by atoms with Crippen LogP contribution >= 0.6 is 23.4 Å². The van der Waals surface area contributed by atoms with Gasteiger partial charge in [-0.25, -0.2) is 9.37 Å². The highest BCUT2D eigenvalue weighted by Crippen LogP contribution is 2.27.